The highest BCUT2D eigenvalue weighted by Crippen LogP contribution is 2.27. The first kappa shape index (κ1) is 12.0. The van der Waals surface area contributed by atoms with Gasteiger partial charge in [-0.1, -0.05) is 6.07 Å². The van der Waals surface area contributed by atoms with E-state index < -0.39 is 0 Å². The van der Waals surface area contributed by atoms with Crippen LogP contribution in [-0.2, 0) is 0 Å². The number of aryl methyl sites for hydroxylation is 1. The van der Waals surface area contributed by atoms with E-state index in [1.807, 2.05) is 35.7 Å². The zero-order valence-electron chi connectivity index (χ0n) is 10.3. The van der Waals surface area contributed by atoms with Gasteiger partial charge in [-0.2, -0.15) is 0 Å². The van der Waals surface area contributed by atoms with Crippen molar-refractivity contribution in [2.75, 3.05) is 11.1 Å². The summed E-state index contributed by atoms with van der Waals surface area (Å²) in [5.74, 6) is 1.07. The highest BCUT2D eigenvalue weighted by Gasteiger charge is 2.08. The molecule has 3 aromatic rings. The molecule has 0 aliphatic rings. The van der Waals surface area contributed by atoms with Crippen molar-refractivity contribution in [3.63, 3.8) is 0 Å². The van der Waals surface area contributed by atoms with Crippen LogP contribution in [0.15, 0.2) is 41.3 Å². The number of fused-ring (bicyclic) bond motifs is 1. The van der Waals surface area contributed by atoms with Gasteiger partial charge in [0.1, 0.15) is 5.82 Å². The van der Waals surface area contributed by atoms with E-state index in [0.29, 0.717) is 11.6 Å². The van der Waals surface area contributed by atoms with Crippen LogP contribution in [0.2, 0.25) is 0 Å². The number of aromatic nitrogens is 3. The molecule has 0 unspecified atom stereocenters. The molecule has 0 atom stereocenters. The summed E-state index contributed by atoms with van der Waals surface area (Å²) >= 11 is 3.53. The quantitative estimate of drug-likeness (QED) is 0.762. The molecule has 0 aliphatic heterocycles. The number of hydrogen-bond acceptors (Lipinski definition) is 4. The van der Waals surface area contributed by atoms with Gasteiger partial charge in [-0.25, -0.2) is 9.97 Å². The second kappa shape index (κ2) is 4.55. The van der Waals surface area contributed by atoms with Crippen LogP contribution in [0.5, 0.6) is 0 Å². The van der Waals surface area contributed by atoms with Crippen molar-refractivity contribution in [3.8, 4) is 0 Å². The molecule has 2 aromatic heterocycles. The highest BCUT2D eigenvalue weighted by atomic mass is 79.9. The molecular formula is C13H12BrN5. The third-order valence-corrected chi connectivity index (χ3v) is 3.43. The van der Waals surface area contributed by atoms with E-state index >= 15 is 0 Å². The molecule has 0 saturated heterocycles. The van der Waals surface area contributed by atoms with Gasteiger partial charge in [-0.05, 0) is 40.5 Å². The van der Waals surface area contributed by atoms with E-state index in [1.54, 1.807) is 12.4 Å². The Morgan fingerprint density at radius 2 is 2.21 bits per heavy atom. The number of hydrogen-bond donors (Lipinski definition) is 2. The van der Waals surface area contributed by atoms with Crippen molar-refractivity contribution in [1.82, 2.24) is 14.4 Å². The molecule has 3 N–H and O–H groups in total. The Morgan fingerprint density at radius 3 is 3.00 bits per heavy atom. The maximum absolute atomic E-state index is 5.79. The number of anilines is 3. The van der Waals surface area contributed by atoms with E-state index in [9.17, 15) is 0 Å². The van der Waals surface area contributed by atoms with Gasteiger partial charge in [0.05, 0.1) is 11.9 Å². The van der Waals surface area contributed by atoms with Gasteiger partial charge in [0.25, 0.3) is 0 Å². The third-order valence-electron chi connectivity index (χ3n) is 2.77. The zero-order valence-corrected chi connectivity index (χ0v) is 11.8. The largest absolute Gasteiger partial charge is 0.382 e. The molecule has 0 fully saturated rings. The number of nitrogens with one attached hydrogen (secondary N) is 1. The predicted octanol–water partition coefficient (Wildman–Crippen LogP) is 3.13. The molecule has 3 rings (SSSR count). The second-order valence-electron chi connectivity index (χ2n) is 4.28. The summed E-state index contributed by atoms with van der Waals surface area (Å²) in [7, 11) is 0. The number of nitrogens with two attached hydrogens (primary N) is 1. The first-order chi connectivity index (χ1) is 9.13. The first-order valence-electron chi connectivity index (χ1n) is 5.76. The molecule has 1 aromatic carbocycles. The van der Waals surface area contributed by atoms with E-state index in [-0.39, 0.29) is 0 Å². The van der Waals surface area contributed by atoms with Gasteiger partial charge in [-0.3, -0.25) is 0 Å². The topological polar surface area (TPSA) is 68.2 Å². The third kappa shape index (κ3) is 2.26. The minimum Gasteiger partial charge on any atom is -0.382 e. The lowest BCUT2D eigenvalue weighted by Crippen LogP contribution is -2.02. The number of nitrogen functional groups attached to an aromatic ring is 1. The van der Waals surface area contributed by atoms with Gasteiger partial charge < -0.3 is 15.5 Å². The zero-order chi connectivity index (χ0) is 13.4. The SMILES string of the molecule is Cc1ccc(Nc2nc(N)cn3ccnc23)c(Br)c1. The van der Waals surface area contributed by atoms with Crippen molar-refractivity contribution in [2.45, 2.75) is 6.92 Å². The van der Waals surface area contributed by atoms with Crippen LogP contribution < -0.4 is 11.1 Å². The fourth-order valence-electron chi connectivity index (χ4n) is 1.88. The lowest BCUT2D eigenvalue weighted by Gasteiger charge is -2.10. The molecule has 0 radical (unpaired) electrons. The molecule has 0 aliphatic carbocycles. The summed E-state index contributed by atoms with van der Waals surface area (Å²) in [6.45, 7) is 2.04. The summed E-state index contributed by atoms with van der Waals surface area (Å²) in [5, 5.41) is 3.25. The van der Waals surface area contributed by atoms with Crippen molar-refractivity contribution < 1.29 is 0 Å². The number of halogens is 1. The molecule has 96 valence electrons. The van der Waals surface area contributed by atoms with Crippen molar-refractivity contribution in [2.24, 2.45) is 0 Å². The fraction of sp³-hybridized carbons (Fsp3) is 0.0769. The van der Waals surface area contributed by atoms with Crippen LogP contribution in [-0.4, -0.2) is 14.4 Å². The number of nitrogens with zero attached hydrogens (tertiary/aromatic N) is 3. The van der Waals surface area contributed by atoms with Gasteiger partial charge in [0, 0.05) is 16.9 Å². The standard InChI is InChI=1S/C13H12BrN5/c1-8-2-3-10(9(14)6-8)17-12-13-16-4-5-19(13)7-11(15)18-12/h2-7H,15H2,1H3,(H,17,18). The van der Waals surface area contributed by atoms with Crippen LogP contribution in [0.1, 0.15) is 5.56 Å². The summed E-state index contributed by atoms with van der Waals surface area (Å²) in [6.07, 6.45) is 5.28. The smallest absolute Gasteiger partial charge is 0.180 e. The Labute approximate surface area is 118 Å². The number of imidazole rings is 1. The maximum Gasteiger partial charge on any atom is 0.180 e. The molecule has 19 heavy (non-hydrogen) atoms. The number of rotatable bonds is 2. The Bertz CT molecular complexity index is 750. The molecule has 0 saturated carbocycles. The van der Waals surface area contributed by atoms with Gasteiger partial charge in [-0.15, -0.1) is 0 Å². The average molecular weight is 318 g/mol. The minimum absolute atomic E-state index is 0.441. The van der Waals surface area contributed by atoms with Crippen LogP contribution in [0, 0.1) is 6.92 Å². The van der Waals surface area contributed by atoms with E-state index in [4.69, 9.17) is 5.73 Å². The normalized spacial score (nSPS) is 10.8. The van der Waals surface area contributed by atoms with E-state index in [1.165, 1.54) is 5.56 Å². The lowest BCUT2D eigenvalue weighted by molar-refractivity contribution is 1.13. The van der Waals surface area contributed by atoms with Crippen LogP contribution in [0.4, 0.5) is 17.3 Å². The second-order valence-corrected chi connectivity index (χ2v) is 5.14. The molecule has 0 spiro atoms. The van der Waals surface area contributed by atoms with Gasteiger partial charge >= 0.3 is 0 Å². The van der Waals surface area contributed by atoms with E-state index in [2.05, 4.69) is 31.2 Å². The van der Waals surface area contributed by atoms with Crippen LogP contribution in [0.3, 0.4) is 0 Å². The molecule has 2 heterocycles. The highest BCUT2D eigenvalue weighted by molar-refractivity contribution is 9.10. The first-order valence-corrected chi connectivity index (χ1v) is 6.55. The summed E-state index contributed by atoms with van der Waals surface area (Å²) in [5.41, 5.74) is 8.63. The van der Waals surface area contributed by atoms with Gasteiger partial charge in [0.15, 0.2) is 11.5 Å². The molecule has 6 heteroatoms. The molecule has 0 amide bonds. The maximum atomic E-state index is 5.79. The molecule has 0 bridgehead atoms. The Morgan fingerprint density at radius 1 is 1.37 bits per heavy atom. The Kier molecular flexibility index (Phi) is 2.87. The lowest BCUT2D eigenvalue weighted by atomic mass is 10.2. The molecule has 5 nitrogen and oxygen atoms in total. The van der Waals surface area contributed by atoms with E-state index in [0.717, 1.165) is 15.8 Å². The summed E-state index contributed by atoms with van der Waals surface area (Å²) < 4.78 is 2.81. The Hall–Kier alpha value is -2.08. The van der Waals surface area contributed by atoms with Crippen LogP contribution >= 0.6 is 15.9 Å². The summed E-state index contributed by atoms with van der Waals surface area (Å²) in [6, 6.07) is 6.06. The average Bonchev–Trinajstić information content (AvgIpc) is 2.80. The van der Waals surface area contributed by atoms with Crippen molar-refractivity contribution in [3.05, 3.63) is 46.8 Å². The molecular weight excluding hydrogens is 306 g/mol. The van der Waals surface area contributed by atoms with Gasteiger partial charge in [0.2, 0.25) is 0 Å². The number of benzene rings is 1. The Balaban J connectivity index is 2.07. The fourth-order valence-corrected chi connectivity index (χ4v) is 2.48. The monoisotopic (exact) mass is 317 g/mol. The summed E-state index contributed by atoms with van der Waals surface area (Å²) in [4.78, 5) is 8.57. The van der Waals surface area contributed by atoms with Crippen LogP contribution in [0.25, 0.3) is 5.65 Å². The van der Waals surface area contributed by atoms with Crippen molar-refractivity contribution in [1.29, 1.82) is 0 Å². The predicted molar refractivity (Wildman–Crippen MR) is 79.6 cm³/mol. The van der Waals surface area contributed by atoms with Crippen molar-refractivity contribution >= 4 is 38.9 Å². The minimum atomic E-state index is 0.441.